The molecule has 0 spiro atoms. The molecule has 1 saturated carbocycles. The first-order valence-corrected chi connectivity index (χ1v) is 10.1. The highest BCUT2D eigenvalue weighted by Gasteiger charge is 2.36. The number of imide groups is 1. The maximum Gasteiger partial charge on any atom is 0.261 e. The molecule has 0 aromatic heterocycles. The van der Waals surface area contributed by atoms with Crippen LogP contribution in [-0.2, 0) is 9.59 Å². The van der Waals surface area contributed by atoms with Gasteiger partial charge in [-0.15, -0.1) is 0 Å². The van der Waals surface area contributed by atoms with Crippen LogP contribution in [0, 0.1) is 5.92 Å². The van der Waals surface area contributed by atoms with Crippen LogP contribution in [0.3, 0.4) is 0 Å². The zero-order valence-electron chi connectivity index (χ0n) is 15.9. The lowest BCUT2D eigenvalue weighted by molar-refractivity contribution is -0.133. The topological polar surface area (TPSA) is 86.8 Å². The fourth-order valence-corrected chi connectivity index (χ4v) is 3.97. The number of nitrogens with one attached hydrogen (secondary N) is 1. The minimum Gasteiger partial charge on any atom is -0.353 e. The summed E-state index contributed by atoms with van der Waals surface area (Å²) in [6, 6.07) is 6.88. The summed E-state index contributed by atoms with van der Waals surface area (Å²) in [7, 11) is 0. The molecule has 2 fully saturated rings. The average molecular weight is 383 g/mol. The molecule has 0 radical (unpaired) electrons. The van der Waals surface area contributed by atoms with Gasteiger partial charge in [0.25, 0.3) is 11.8 Å². The van der Waals surface area contributed by atoms with Crippen molar-refractivity contribution in [2.24, 2.45) is 5.92 Å². The number of fused-ring (bicyclic) bond motifs is 1. The van der Waals surface area contributed by atoms with E-state index in [0.29, 0.717) is 30.6 Å². The smallest absolute Gasteiger partial charge is 0.261 e. The van der Waals surface area contributed by atoms with Gasteiger partial charge in [-0.25, -0.2) is 0 Å². The van der Waals surface area contributed by atoms with Crippen LogP contribution in [0.4, 0.5) is 0 Å². The van der Waals surface area contributed by atoms with Gasteiger partial charge in [-0.05, 0) is 44.2 Å². The second-order valence-corrected chi connectivity index (χ2v) is 7.85. The highest BCUT2D eigenvalue weighted by atomic mass is 16.2. The third kappa shape index (κ3) is 3.79. The molecule has 2 aliphatic heterocycles. The van der Waals surface area contributed by atoms with Gasteiger partial charge in [0.05, 0.1) is 11.1 Å². The van der Waals surface area contributed by atoms with Crippen molar-refractivity contribution in [1.29, 1.82) is 0 Å². The lowest BCUT2D eigenvalue weighted by atomic mass is 10.0. The molecule has 1 aliphatic carbocycles. The number of nitrogens with zero attached hydrogens (tertiary/aromatic N) is 2. The van der Waals surface area contributed by atoms with E-state index in [1.807, 2.05) is 4.90 Å². The number of carbonyl (C=O) groups is 4. The van der Waals surface area contributed by atoms with Gasteiger partial charge in [-0.2, -0.15) is 0 Å². The first-order chi connectivity index (χ1) is 13.5. The molecule has 7 nitrogen and oxygen atoms in total. The van der Waals surface area contributed by atoms with E-state index in [-0.39, 0.29) is 48.6 Å². The fourth-order valence-electron chi connectivity index (χ4n) is 3.97. The summed E-state index contributed by atoms with van der Waals surface area (Å²) in [5.41, 5.74) is 0.869. The van der Waals surface area contributed by atoms with E-state index < -0.39 is 0 Å². The van der Waals surface area contributed by atoms with Crippen LogP contribution >= 0.6 is 0 Å². The number of piperidine rings is 1. The Kier molecular flexibility index (Phi) is 5.15. The Morgan fingerprint density at radius 2 is 1.57 bits per heavy atom. The molecule has 2 heterocycles. The highest BCUT2D eigenvalue weighted by molar-refractivity contribution is 6.21. The Bertz CT molecular complexity index is 775. The molecule has 7 heteroatoms. The monoisotopic (exact) mass is 383 g/mol. The first kappa shape index (κ1) is 18.7. The number of amides is 4. The lowest BCUT2D eigenvalue weighted by Gasteiger charge is -2.32. The van der Waals surface area contributed by atoms with Crippen LogP contribution in [0.1, 0.15) is 59.2 Å². The third-order valence-corrected chi connectivity index (χ3v) is 5.76. The van der Waals surface area contributed by atoms with E-state index in [0.717, 1.165) is 25.7 Å². The van der Waals surface area contributed by atoms with Gasteiger partial charge in [0.15, 0.2) is 0 Å². The van der Waals surface area contributed by atoms with Crippen molar-refractivity contribution in [3.63, 3.8) is 0 Å². The van der Waals surface area contributed by atoms with Crippen LogP contribution in [0.5, 0.6) is 0 Å². The number of carbonyl (C=O) groups excluding carboxylic acids is 4. The minimum atomic E-state index is -0.284. The molecule has 1 N–H and O–H groups in total. The van der Waals surface area contributed by atoms with E-state index in [1.54, 1.807) is 24.3 Å². The third-order valence-electron chi connectivity index (χ3n) is 5.76. The minimum absolute atomic E-state index is 0.0661. The predicted octanol–water partition coefficient (Wildman–Crippen LogP) is 1.58. The zero-order chi connectivity index (χ0) is 19.7. The van der Waals surface area contributed by atoms with Gasteiger partial charge < -0.3 is 10.2 Å². The van der Waals surface area contributed by atoms with Crippen molar-refractivity contribution >= 4 is 23.6 Å². The number of benzene rings is 1. The largest absolute Gasteiger partial charge is 0.353 e. The van der Waals surface area contributed by atoms with Crippen molar-refractivity contribution in [3.05, 3.63) is 35.4 Å². The number of likely N-dealkylation sites (tertiary alicyclic amines) is 1. The summed E-state index contributed by atoms with van der Waals surface area (Å²) in [6.45, 7) is 1.65. The van der Waals surface area contributed by atoms with Crippen LogP contribution < -0.4 is 5.32 Å². The van der Waals surface area contributed by atoms with Crippen LogP contribution in [-0.4, -0.2) is 59.1 Å². The van der Waals surface area contributed by atoms with E-state index in [9.17, 15) is 19.2 Å². The maximum absolute atomic E-state index is 12.3. The second kappa shape index (κ2) is 7.73. The average Bonchev–Trinajstić information content (AvgIpc) is 3.52. The zero-order valence-corrected chi connectivity index (χ0v) is 15.9. The first-order valence-electron chi connectivity index (χ1n) is 10.1. The molecule has 0 atom stereocenters. The van der Waals surface area contributed by atoms with Crippen LogP contribution in [0.15, 0.2) is 24.3 Å². The molecule has 1 aromatic carbocycles. The van der Waals surface area contributed by atoms with Crippen LogP contribution in [0.2, 0.25) is 0 Å². The molecule has 4 rings (SSSR count). The Hall–Kier alpha value is -2.70. The quantitative estimate of drug-likeness (QED) is 0.756. The van der Waals surface area contributed by atoms with Gasteiger partial charge >= 0.3 is 0 Å². The summed E-state index contributed by atoms with van der Waals surface area (Å²) in [5.74, 6) is -0.120. The Balaban J connectivity index is 1.18. The summed E-state index contributed by atoms with van der Waals surface area (Å²) in [6.07, 6.45) is 4.31. The van der Waals surface area contributed by atoms with E-state index in [4.69, 9.17) is 0 Å². The standard InChI is InChI=1S/C21H25N3O4/c25-18(22-15-9-12-23(13-10-15)19(26)14-7-8-14)6-3-11-24-20(27)16-4-1-2-5-17(16)21(24)28/h1-2,4-5,14-15H,3,6-13H2,(H,22,25). The number of rotatable bonds is 6. The van der Waals surface area contributed by atoms with Crippen molar-refractivity contribution in [2.45, 2.75) is 44.6 Å². The molecule has 1 aromatic rings. The molecular weight excluding hydrogens is 358 g/mol. The van der Waals surface area contributed by atoms with Crippen molar-refractivity contribution in [2.75, 3.05) is 19.6 Å². The Morgan fingerprint density at radius 1 is 0.964 bits per heavy atom. The van der Waals surface area contributed by atoms with Crippen LogP contribution in [0.25, 0.3) is 0 Å². The predicted molar refractivity (Wildman–Crippen MR) is 102 cm³/mol. The van der Waals surface area contributed by atoms with Gasteiger partial charge in [-0.3, -0.25) is 24.1 Å². The van der Waals surface area contributed by atoms with E-state index in [1.165, 1.54) is 4.90 Å². The molecule has 4 amide bonds. The molecule has 0 bridgehead atoms. The Labute approximate surface area is 164 Å². The SMILES string of the molecule is O=C(CCCN1C(=O)c2ccccc2C1=O)NC1CCN(C(=O)C2CC2)CC1. The number of hydrogen-bond donors (Lipinski definition) is 1. The molecule has 3 aliphatic rings. The van der Waals surface area contributed by atoms with Gasteiger partial charge in [0, 0.05) is 38.0 Å². The fraction of sp³-hybridized carbons (Fsp3) is 0.524. The molecular formula is C21H25N3O4. The summed E-state index contributed by atoms with van der Waals surface area (Å²) >= 11 is 0. The molecule has 148 valence electrons. The maximum atomic E-state index is 12.3. The molecule has 0 unspecified atom stereocenters. The van der Waals surface area contributed by atoms with Gasteiger partial charge in [0.2, 0.25) is 11.8 Å². The highest BCUT2D eigenvalue weighted by Crippen LogP contribution is 2.32. The summed E-state index contributed by atoms with van der Waals surface area (Å²) in [5, 5.41) is 3.02. The number of hydrogen-bond acceptors (Lipinski definition) is 4. The summed E-state index contributed by atoms with van der Waals surface area (Å²) < 4.78 is 0. The normalized spacial score (nSPS) is 19.7. The van der Waals surface area contributed by atoms with E-state index in [2.05, 4.69) is 5.32 Å². The van der Waals surface area contributed by atoms with Gasteiger partial charge in [-0.1, -0.05) is 12.1 Å². The van der Waals surface area contributed by atoms with Crippen molar-refractivity contribution in [3.8, 4) is 0 Å². The van der Waals surface area contributed by atoms with Crippen molar-refractivity contribution in [1.82, 2.24) is 15.1 Å². The Morgan fingerprint density at radius 3 is 2.14 bits per heavy atom. The lowest BCUT2D eigenvalue weighted by Crippen LogP contribution is -2.47. The van der Waals surface area contributed by atoms with Gasteiger partial charge in [0.1, 0.15) is 0 Å². The second-order valence-electron chi connectivity index (χ2n) is 7.85. The summed E-state index contributed by atoms with van der Waals surface area (Å²) in [4.78, 5) is 52.1. The molecule has 28 heavy (non-hydrogen) atoms. The molecule has 1 saturated heterocycles. The van der Waals surface area contributed by atoms with Crippen molar-refractivity contribution < 1.29 is 19.2 Å². The van der Waals surface area contributed by atoms with E-state index >= 15 is 0 Å².